The number of hydrogen-bond donors (Lipinski definition) is 2. The van der Waals surface area contributed by atoms with Crippen molar-refractivity contribution in [1.82, 2.24) is 15.5 Å². The molecule has 1 aromatic carbocycles. The Labute approximate surface area is 149 Å². The van der Waals surface area contributed by atoms with Gasteiger partial charge in [-0.25, -0.2) is 0 Å². The first kappa shape index (κ1) is 16.6. The molecule has 2 aliphatic rings. The first-order chi connectivity index (χ1) is 11.0. The van der Waals surface area contributed by atoms with Gasteiger partial charge in [-0.3, -0.25) is 0 Å². The third-order valence-corrected chi connectivity index (χ3v) is 5.24. The Morgan fingerprint density at radius 3 is 2.74 bits per heavy atom. The van der Waals surface area contributed by atoms with Crippen molar-refractivity contribution in [3.05, 3.63) is 34.3 Å². The summed E-state index contributed by atoms with van der Waals surface area (Å²) in [5, 5.41) is 6.25. The van der Waals surface area contributed by atoms with E-state index in [9.17, 15) is 9.59 Å². The van der Waals surface area contributed by atoms with Crippen molar-refractivity contribution < 1.29 is 26.6 Å². The van der Waals surface area contributed by atoms with E-state index in [1.54, 1.807) is 0 Å². The van der Waals surface area contributed by atoms with Crippen molar-refractivity contribution in [3.8, 4) is 0 Å². The van der Waals surface area contributed by atoms with E-state index < -0.39 is 0 Å². The van der Waals surface area contributed by atoms with Crippen molar-refractivity contribution in [2.75, 3.05) is 13.1 Å². The minimum absolute atomic E-state index is 0.0746. The quantitative estimate of drug-likeness (QED) is 0.845. The molecule has 0 aromatic heterocycles. The molecular weight excluding hydrogens is 353 g/mol. The van der Waals surface area contributed by atoms with Crippen LogP contribution in [0.1, 0.15) is 24.0 Å². The third-order valence-electron chi connectivity index (χ3n) is 4.35. The number of carbonyl (C=O) groups excluding carboxylic acids is 2. The van der Waals surface area contributed by atoms with Crippen molar-refractivity contribution in [2.24, 2.45) is 0 Å². The predicted molar refractivity (Wildman–Crippen MR) is 85.1 cm³/mol. The van der Waals surface area contributed by atoms with Crippen LogP contribution in [0, 0.1) is 0 Å². The van der Waals surface area contributed by atoms with Crippen LogP contribution in [0.15, 0.2) is 18.2 Å². The molecular formula is C16H18ClN3O2V. The number of rotatable bonds is 3. The summed E-state index contributed by atoms with van der Waals surface area (Å²) in [4.78, 5) is 25.6. The van der Waals surface area contributed by atoms with E-state index in [1.807, 2.05) is 17.0 Å². The fraction of sp³-hybridized carbons (Fsp3) is 0.438. The number of hydrogen-bond acceptors (Lipinski definition) is 2. The van der Waals surface area contributed by atoms with Crippen molar-refractivity contribution in [1.29, 1.82) is 0 Å². The Bertz CT molecular complexity index is 665. The van der Waals surface area contributed by atoms with Crippen LogP contribution in [-0.4, -0.2) is 40.3 Å². The van der Waals surface area contributed by atoms with Crippen molar-refractivity contribution >= 4 is 27.9 Å². The van der Waals surface area contributed by atoms with E-state index in [2.05, 4.69) is 33.7 Å². The van der Waals surface area contributed by atoms with E-state index >= 15 is 0 Å². The predicted octanol–water partition coefficient (Wildman–Crippen LogP) is 1.41. The summed E-state index contributed by atoms with van der Waals surface area (Å²) in [5.41, 5.74) is 2.51. The molecule has 0 bridgehead atoms. The second-order valence-electron chi connectivity index (χ2n) is 5.87. The second-order valence-corrected chi connectivity index (χ2v) is 7.06. The van der Waals surface area contributed by atoms with Gasteiger partial charge in [0.1, 0.15) is 0 Å². The van der Waals surface area contributed by atoms with Crippen LogP contribution in [0.4, 0.5) is 4.79 Å². The Kier molecular flexibility index (Phi) is 5.09. The molecule has 5 nitrogen and oxygen atoms in total. The van der Waals surface area contributed by atoms with Gasteiger partial charge in [-0.2, -0.15) is 0 Å². The molecule has 0 spiro atoms. The molecule has 7 heteroatoms. The van der Waals surface area contributed by atoms with E-state index in [4.69, 9.17) is 11.6 Å². The molecule has 3 rings (SSSR count). The second kappa shape index (κ2) is 7.08. The van der Waals surface area contributed by atoms with E-state index in [0.717, 1.165) is 35.3 Å². The van der Waals surface area contributed by atoms with Crippen LogP contribution in [0.3, 0.4) is 0 Å². The molecule has 2 heterocycles. The van der Waals surface area contributed by atoms with Gasteiger partial charge < -0.3 is 0 Å². The number of nitrogens with one attached hydrogen (secondary N) is 2. The van der Waals surface area contributed by atoms with E-state index in [-0.39, 0.29) is 18.0 Å². The van der Waals surface area contributed by atoms with Crippen LogP contribution >= 0.6 is 11.6 Å². The Morgan fingerprint density at radius 2 is 2.04 bits per heavy atom. The summed E-state index contributed by atoms with van der Waals surface area (Å²) < 4.78 is 0.827. The zero-order chi connectivity index (χ0) is 16.4. The van der Waals surface area contributed by atoms with Gasteiger partial charge in [0.05, 0.1) is 0 Å². The maximum atomic E-state index is 12.5. The molecule has 1 fully saturated rings. The first-order valence-electron chi connectivity index (χ1n) is 7.71. The number of urea groups is 1. The molecule has 1 unspecified atom stereocenters. The normalized spacial score (nSPS) is 20.5. The average Bonchev–Trinajstić information content (AvgIpc) is 2.72. The van der Waals surface area contributed by atoms with Gasteiger partial charge in [-0.05, 0) is 0 Å². The summed E-state index contributed by atoms with van der Waals surface area (Å²) in [7, 11) is 0. The fourth-order valence-corrected chi connectivity index (χ4v) is 3.70. The molecule has 1 aromatic rings. The molecule has 2 aliphatic heterocycles. The molecule has 121 valence electrons. The molecule has 2 N–H and O–H groups in total. The van der Waals surface area contributed by atoms with Gasteiger partial charge in [-0.15, -0.1) is 0 Å². The van der Waals surface area contributed by atoms with Gasteiger partial charge >= 0.3 is 149 Å². The zero-order valence-corrected chi connectivity index (χ0v) is 14.8. The van der Waals surface area contributed by atoms with E-state index in [1.165, 1.54) is 11.1 Å². The topological polar surface area (TPSA) is 61.4 Å². The summed E-state index contributed by atoms with van der Waals surface area (Å²) in [6, 6.07) is 5.70. The van der Waals surface area contributed by atoms with Gasteiger partial charge in [0.25, 0.3) is 0 Å². The van der Waals surface area contributed by atoms with Crippen molar-refractivity contribution in [3.63, 3.8) is 0 Å². The van der Waals surface area contributed by atoms with Crippen LogP contribution in [0.5, 0.6) is 0 Å². The SMILES string of the molecule is O=C1N[C](=[V])C(CCC(=O)N2CCc3ccc(Cl)cc3CC2)N1. The Morgan fingerprint density at radius 1 is 1.30 bits per heavy atom. The van der Waals surface area contributed by atoms with Gasteiger partial charge in [0, 0.05) is 0 Å². The van der Waals surface area contributed by atoms with Crippen LogP contribution < -0.4 is 10.6 Å². The van der Waals surface area contributed by atoms with Crippen LogP contribution in [-0.2, 0) is 34.6 Å². The third kappa shape index (κ3) is 3.97. The number of fused-ring (bicyclic) bond motifs is 1. The molecule has 0 saturated carbocycles. The standard InChI is InChI=1S/C16H18ClN3O2.V/c17-13-2-1-11-5-7-20(8-6-12(11)9-13)15(21)4-3-14-10-18-16(22)19-14;/h1-2,9,14H,3-8H2,(H2,18,19,22);. The molecule has 0 aliphatic carbocycles. The Hall–Kier alpha value is -1.30. The van der Waals surface area contributed by atoms with E-state index in [0.29, 0.717) is 12.8 Å². The average molecular weight is 371 g/mol. The molecule has 23 heavy (non-hydrogen) atoms. The zero-order valence-electron chi connectivity index (χ0n) is 12.6. The number of halogens is 1. The van der Waals surface area contributed by atoms with Crippen LogP contribution in [0.25, 0.3) is 0 Å². The molecule has 0 radical (unpaired) electrons. The molecule has 1 saturated heterocycles. The molecule has 3 amide bonds. The summed E-state index contributed by atoms with van der Waals surface area (Å²) in [6.07, 6.45) is 2.76. The van der Waals surface area contributed by atoms with Crippen LogP contribution in [0.2, 0.25) is 5.02 Å². The monoisotopic (exact) mass is 370 g/mol. The van der Waals surface area contributed by atoms with Gasteiger partial charge in [0.15, 0.2) is 0 Å². The number of carbonyl (C=O) groups is 2. The summed E-state index contributed by atoms with van der Waals surface area (Å²) >= 11 is 8.41. The maximum absolute atomic E-state index is 12.5. The first-order valence-corrected chi connectivity index (χ1v) is 8.79. The Balaban J connectivity index is 1.55. The van der Waals surface area contributed by atoms with Crippen molar-refractivity contribution in [2.45, 2.75) is 31.7 Å². The van der Waals surface area contributed by atoms with Gasteiger partial charge in [-0.1, -0.05) is 0 Å². The number of benzene rings is 1. The summed E-state index contributed by atoms with van der Waals surface area (Å²) in [6.45, 7) is 1.46. The fourth-order valence-electron chi connectivity index (χ4n) is 3.04. The molecule has 1 atom stereocenters. The van der Waals surface area contributed by atoms with Gasteiger partial charge in [0.2, 0.25) is 0 Å². The summed E-state index contributed by atoms with van der Waals surface area (Å²) in [5.74, 6) is 0.144. The number of amides is 3. The number of nitrogens with zero attached hydrogens (tertiary/aromatic N) is 1. The minimum atomic E-state index is -0.194.